The Balaban J connectivity index is 1.54. The normalized spacial score (nSPS) is 14.7. The van der Waals surface area contributed by atoms with Crippen LogP contribution >= 0.6 is 0 Å². The number of carbonyl (C=O) groups is 2. The quantitative estimate of drug-likeness (QED) is 0.308. The maximum atomic E-state index is 14.0. The molecule has 4 rings (SSSR count). The van der Waals surface area contributed by atoms with Crippen molar-refractivity contribution in [1.82, 2.24) is 5.16 Å². The predicted octanol–water partition coefficient (Wildman–Crippen LogP) is 5.68. The fraction of sp³-hybridized carbons (Fsp3) is 0.346. The van der Waals surface area contributed by atoms with E-state index >= 15 is 0 Å². The first-order valence-electron chi connectivity index (χ1n) is 10.9. The van der Waals surface area contributed by atoms with Crippen molar-refractivity contribution in [1.29, 1.82) is 0 Å². The molecule has 1 aliphatic carbocycles. The Morgan fingerprint density at radius 2 is 1.67 bits per heavy atom. The number of aldehydes is 1. The van der Waals surface area contributed by atoms with Gasteiger partial charge in [-0.15, -0.1) is 0 Å². The monoisotopic (exact) mass is 453 g/mol. The van der Waals surface area contributed by atoms with Gasteiger partial charge in [0.2, 0.25) is 0 Å². The minimum absolute atomic E-state index is 0.168. The van der Waals surface area contributed by atoms with Gasteiger partial charge >= 0.3 is 5.97 Å². The number of benzene rings is 2. The summed E-state index contributed by atoms with van der Waals surface area (Å²) in [7, 11) is 0. The van der Waals surface area contributed by atoms with Crippen molar-refractivity contribution >= 4 is 12.3 Å². The fourth-order valence-electron chi connectivity index (χ4n) is 4.08. The zero-order chi connectivity index (χ0) is 23.6. The van der Waals surface area contributed by atoms with E-state index in [9.17, 15) is 18.4 Å². The van der Waals surface area contributed by atoms with Gasteiger partial charge < -0.3 is 14.1 Å². The lowest BCUT2D eigenvalue weighted by molar-refractivity contribution is -0.146. The number of alkyl halides is 2. The number of hydrogen-bond donors (Lipinski definition) is 0. The van der Waals surface area contributed by atoms with Gasteiger partial charge in [0, 0.05) is 17.5 Å². The van der Waals surface area contributed by atoms with E-state index in [-0.39, 0.29) is 18.0 Å². The van der Waals surface area contributed by atoms with Crippen LogP contribution in [0, 0.1) is 6.92 Å². The molecule has 0 bridgehead atoms. The highest BCUT2D eigenvalue weighted by Gasteiger charge is 2.52. The molecule has 172 valence electrons. The molecule has 0 atom stereocenters. The van der Waals surface area contributed by atoms with Crippen LogP contribution in [-0.2, 0) is 26.2 Å². The molecular formula is C26H25F2NO4. The highest BCUT2D eigenvalue weighted by Crippen LogP contribution is 2.49. The second-order valence-corrected chi connectivity index (χ2v) is 8.44. The summed E-state index contributed by atoms with van der Waals surface area (Å²) in [4.78, 5) is 22.9. The van der Waals surface area contributed by atoms with Gasteiger partial charge in [0.15, 0.2) is 5.76 Å². The molecule has 0 saturated heterocycles. The van der Waals surface area contributed by atoms with Crippen LogP contribution in [0.15, 0.2) is 53.1 Å². The topological polar surface area (TPSA) is 69.4 Å². The summed E-state index contributed by atoms with van der Waals surface area (Å²) < 4.78 is 38.6. The van der Waals surface area contributed by atoms with Crippen molar-refractivity contribution in [2.24, 2.45) is 0 Å². The second-order valence-electron chi connectivity index (χ2n) is 8.44. The summed E-state index contributed by atoms with van der Waals surface area (Å²) in [6.45, 7) is 3.78. The number of rotatable bonds is 9. The van der Waals surface area contributed by atoms with E-state index in [0.29, 0.717) is 23.4 Å². The predicted molar refractivity (Wildman–Crippen MR) is 119 cm³/mol. The molecule has 0 amide bonds. The Hall–Kier alpha value is -3.35. The van der Waals surface area contributed by atoms with Crippen molar-refractivity contribution in [2.45, 2.75) is 50.9 Å². The number of hydrogen-bond acceptors (Lipinski definition) is 5. The van der Waals surface area contributed by atoms with Crippen LogP contribution in [0.1, 0.15) is 43.0 Å². The van der Waals surface area contributed by atoms with Crippen molar-refractivity contribution in [3.63, 3.8) is 0 Å². The Morgan fingerprint density at radius 3 is 2.21 bits per heavy atom. The molecule has 0 unspecified atom stereocenters. The Labute approximate surface area is 190 Å². The Kier molecular flexibility index (Phi) is 6.15. The number of esters is 1. The van der Waals surface area contributed by atoms with Crippen LogP contribution in [-0.4, -0.2) is 29.9 Å². The van der Waals surface area contributed by atoms with Crippen LogP contribution in [0.5, 0.6) is 0 Å². The lowest BCUT2D eigenvalue weighted by Gasteiger charge is -2.15. The van der Waals surface area contributed by atoms with Gasteiger partial charge in [0.05, 0.1) is 24.1 Å². The van der Waals surface area contributed by atoms with Gasteiger partial charge in [-0.05, 0) is 43.4 Å². The van der Waals surface area contributed by atoms with Gasteiger partial charge in [-0.3, -0.25) is 4.79 Å². The number of halogens is 2. The van der Waals surface area contributed by atoms with Crippen LogP contribution in [0.25, 0.3) is 22.5 Å². The minimum atomic E-state index is -3.16. The SMILES string of the molecule is CCOC(=O)C1(c2ccc(-c3ccc(-c4onc(C)c4CC(F)(F)CC=O)cc3)cc2)CC1. The van der Waals surface area contributed by atoms with E-state index in [1.807, 2.05) is 36.4 Å². The van der Waals surface area contributed by atoms with Gasteiger partial charge in [0.1, 0.15) is 6.29 Å². The van der Waals surface area contributed by atoms with Crippen molar-refractivity contribution < 1.29 is 27.6 Å². The molecule has 2 aromatic carbocycles. The summed E-state index contributed by atoms with van der Waals surface area (Å²) in [6.07, 6.45) is 0.362. The van der Waals surface area contributed by atoms with Crippen LogP contribution in [0.4, 0.5) is 8.78 Å². The molecular weight excluding hydrogens is 428 g/mol. The lowest BCUT2D eigenvalue weighted by Crippen LogP contribution is -2.23. The third-order valence-electron chi connectivity index (χ3n) is 6.14. The molecule has 0 spiro atoms. The maximum absolute atomic E-state index is 14.0. The maximum Gasteiger partial charge on any atom is 0.316 e. The number of aromatic nitrogens is 1. The smallest absolute Gasteiger partial charge is 0.316 e. The number of ether oxygens (including phenoxy) is 1. The number of carbonyl (C=O) groups excluding carboxylic acids is 2. The van der Waals surface area contributed by atoms with E-state index in [2.05, 4.69) is 5.16 Å². The summed E-state index contributed by atoms with van der Waals surface area (Å²) in [5.74, 6) is -3.04. The zero-order valence-corrected chi connectivity index (χ0v) is 18.6. The molecule has 1 aromatic heterocycles. The number of aryl methyl sites for hydroxylation is 1. The first kappa shape index (κ1) is 22.8. The van der Waals surface area contributed by atoms with Crippen LogP contribution < -0.4 is 0 Å². The molecule has 1 saturated carbocycles. The van der Waals surface area contributed by atoms with Crippen molar-refractivity contribution in [3.8, 4) is 22.5 Å². The van der Waals surface area contributed by atoms with E-state index < -0.39 is 24.2 Å². The Morgan fingerprint density at radius 1 is 1.09 bits per heavy atom. The summed E-state index contributed by atoms with van der Waals surface area (Å²) >= 11 is 0. The minimum Gasteiger partial charge on any atom is -0.465 e. The molecule has 33 heavy (non-hydrogen) atoms. The van der Waals surface area contributed by atoms with Crippen LogP contribution in [0.2, 0.25) is 0 Å². The van der Waals surface area contributed by atoms with Crippen molar-refractivity contribution in [2.75, 3.05) is 6.61 Å². The van der Waals surface area contributed by atoms with E-state index in [1.165, 1.54) is 0 Å². The summed E-state index contributed by atoms with van der Waals surface area (Å²) in [5.41, 5.74) is 3.67. The van der Waals surface area contributed by atoms with E-state index in [1.54, 1.807) is 26.0 Å². The van der Waals surface area contributed by atoms with Gasteiger partial charge in [-0.25, -0.2) is 8.78 Å². The van der Waals surface area contributed by atoms with Gasteiger partial charge in [-0.2, -0.15) is 0 Å². The fourth-order valence-corrected chi connectivity index (χ4v) is 4.08. The highest BCUT2D eigenvalue weighted by molar-refractivity contribution is 5.87. The Bertz CT molecular complexity index is 1150. The third-order valence-corrected chi connectivity index (χ3v) is 6.14. The average molecular weight is 453 g/mol. The summed E-state index contributed by atoms with van der Waals surface area (Å²) in [6, 6.07) is 15.2. The van der Waals surface area contributed by atoms with Gasteiger partial charge in [-0.1, -0.05) is 53.7 Å². The average Bonchev–Trinajstić information content (AvgIpc) is 3.54. The molecule has 3 aromatic rings. The molecule has 0 aliphatic heterocycles. The van der Waals surface area contributed by atoms with Crippen molar-refractivity contribution in [3.05, 3.63) is 65.4 Å². The standard InChI is InChI=1S/C26H25F2NO4/c1-3-32-24(31)25(12-13-25)21-10-8-19(9-11-21)18-4-6-20(7-5-18)23-22(17(2)29-33-23)16-26(27,28)14-15-30/h4-11,15H,3,12-14,16H2,1-2H3. The summed E-state index contributed by atoms with van der Waals surface area (Å²) in [5, 5.41) is 3.85. The molecule has 7 heteroatoms. The molecule has 1 heterocycles. The molecule has 5 nitrogen and oxygen atoms in total. The molecule has 1 aliphatic rings. The largest absolute Gasteiger partial charge is 0.465 e. The molecule has 0 radical (unpaired) electrons. The van der Waals surface area contributed by atoms with Crippen LogP contribution in [0.3, 0.4) is 0 Å². The highest BCUT2D eigenvalue weighted by atomic mass is 19.3. The first-order chi connectivity index (χ1) is 15.8. The lowest BCUT2D eigenvalue weighted by atomic mass is 9.93. The van der Waals surface area contributed by atoms with E-state index in [4.69, 9.17) is 9.26 Å². The first-order valence-corrected chi connectivity index (χ1v) is 10.9. The molecule has 0 N–H and O–H groups in total. The molecule has 1 fully saturated rings. The van der Waals surface area contributed by atoms with E-state index in [0.717, 1.165) is 29.5 Å². The zero-order valence-electron chi connectivity index (χ0n) is 18.6. The number of nitrogens with zero attached hydrogens (tertiary/aromatic N) is 1. The second kappa shape index (κ2) is 8.89. The third kappa shape index (κ3) is 4.58. The van der Waals surface area contributed by atoms with Gasteiger partial charge in [0.25, 0.3) is 5.92 Å².